The van der Waals surface area contributed by atoms with Gasteiger partial charge in [0.15, 0.2) is 0 Å². The predicted octanol–water partition coefficient (Wildman–Crippen LogP) is 4.68. The van der Waals surface area contributed by atoms with Crippen molar-refractivity contribution in [1.82, 2.24) is 0 Å². The topological polar surface area (TPSA) is 21.3 Å². The van der Waals surface area contributed by atoms with Crippen LogP contribution in [0.25, 0.3) is 0 Å². The average molecular weight is 291 g/mol. The van der Waals surface area contributed by atoms with E-state index in [2.05, 4.69) is 5.32 Å². The highest BCUT2D eigenvalue weighted by Gasteiger charge is 2.30. The van der Waals surface area contributed by atoms with Crippen molar-refractivity contribution in [2.24, 2.45) is 0 Å². The van der Waals surface area contributed by atoms with Gasteiger partial charge in [0, 0.05) is 11.3 Å². The van der Waals surface area contributed by atoms with Crippen LogP contribution in [0.1, 0.15) is 18.9 Å². The number of hydrogen-bond acceptors (Lipinski definition) is 2. The summed E-state index contributed by atoms with van der Waals surface area (Å²) in [5, 5.41) is 2.76. The number of anilines is 1. The SMILES string of the molecule is CCCOc1ccc(NCC(F)(F)c2ccccc2)cc1. The zero-order valence-corrected chi connectivity index (χ0v) is 12.0. The van der Waals surface area contributed by atoms with Gasteiger partial charge in [0.1, 0.15) is 5.75 Å². The number of nitrogens with one attached hydrogen (secondary N) is 1. The summed E-state index contributed by atoms with van der Waals surface area (Å²) < 4.78 is 33.4. The van der Waals surface area contributed by atoms with Gasteiger partial charge >= 0.3 is 0 Å². The van der Waals surface area contributed by atoms with Crippen molar-refractivity contribution in [3.8, 4) is 5.75 Å². The van der Waals surface area contributed by atoms with E-state index in [1.807, 2.05) is 6.92 Å². The van der Waals surface area contributed by atoms with Crippen molar-refractivity contribution in [3.05, 3.63) is 60.2 Å². The molecule has 0 heterocycles. The normalized spacial score (nSPS) is 11.2. The van der Waals surface area contributed by atoms with Crippen LogP contribution in [0.15, 0.2) is 54.6 Å². The third kappa shape index (κ3) is 4.45. The second-order valence-electron chi connectivity index (χ2n) is 4.80. The second kappa shape index (κ2) is 7.07. The molecule has 0 saturated carbocycles. The molecule has 0 saturated heterocycles. The molecule has 0 radical (unpaired) electrons. The van der Waals surface area contributed by atoms with Crippen molar-refractivity contribution in [2.75, 3.05) is 18.5 Å². The smallest absolute Gasteiger partial charge is 0.290 e. The fraction of sp³-hybridized carbons (Fsp3) is 0.294. The molecule has 0 unspecified atom stereocenters. The Balaban J connectivity index is 1.93. The third-order valence-corrected chi connectivity index (χ3v) is 3.04. The van der Waals surface area contributed by atoms with Crippen LogP contribution in [0.3, 0.4) is 0 Å². The summed E-state index contributed by atoms with van der Waals surface area (Å²) in [5.74, 6) is -2.16. The first-order valence-corrected chi connectivity index (χ1v) is 7.02. The molecule has 0 aliphatic rings. The zero-order chi connectivity index (χ0) is 15.1. The molecule has 1 N–H and O–H groups in total. The van der Waals surface area contributed by atoms with Gasteiger partial charge in [-0.2, -0.15) is 8.78 Å². The molecule has 0 atom stereocenters. The van der Waals surface area contributed by atoms with Gasteiger partial charge in [-0.15, -0.1) is 0 Å². The van der Waals surface area contributed by atoms with Crippen molar-refractivity contribution in [3.63, 3.8) is 0 Å². The number of ether oxygens (including phenoxy) is 1. The second-order valence-corrected chi connectivity index (χ2v) is 4.80. The van der Waals surface area contributed by atoms with Crippen LogP contribution in [0, 0.1) is 0 Å². The lowest BCUT2D eigenvalue weighted by Gasteiger charge is -2.18. The van der Waals surface area contributed by atoms with Gasteiger partial charge in [0.05, 0.1) is 13.2 Å². The number of benzene rings is 2. The first-order chi connectivity index (χ1) is 10.1. The molecule has 0 aromatic heterocycles. The van der Waals surface area contributed by atoms with E-state index in [1.165, 1.54) is 12.1 Å². The van der Waals surface area contributed by atoms with Gasteiger partial charge in [-0.1, -0.05) is 37.3 Å². The van der Waals surface area contributed by atoms with E-state index in [-0.39, 0.29) is 5.56 Å². The summed E-state index contributed by atoms with van der Waals surface area (Å²) in [7, 11) is 0. The van der Waals surface area contributed by atoms with Gasteiger partial charge < -0.3 is 10.1 Å². The minimum Gasteiger partial charge on any atom is -0.494 e. The molecule has 2 aromatic rings. The van der Waals surface area contributed by atoms with Crippen LogP contribution >= 0.6 is 0 Å². The standard InChI is InChI=1S/C17H19F2NO/c1-2-12-21-16-10-8-15(9-11-16)20-13-17(18,19)14-6-4-3-5-7-14/h3-11,20H,2,12-13H2,1H3. The molecule has 0 fully saturated rings. The van der Waals surface area contributed by atoms with E-state index >= 15 is 0 Å². The van der Waals surface area contributed by atoms with E-state index in [4.69, 9.17) is 4.74 Å². The van der Waals surface area contributed by atoms with Gasteiger partial charge in [-0.25, -0.2) is 0 Å². The highest BCUT2D eigenvalue weighted by Crippen LogP contribution is 2.28. The van der Waals surface area contributed by atoms with Gasteiger partial charge in [-0.05, 0) is 30.7 Å². The zero-order valence-electron chi connectivity index (χ0n) is 12.0. The van der Waals surface area contributed by atoms with Crippen LogP contribution < -0.4 is 10.1 Å². The highest BCUT2D eigenvalue weighted by atomic mass is 19.3. The largest absolute Gasteiger partial charge is 0.494 e. The summed E-state index contributed by atoms with van der Waals surface area (Å²) in [6, 6.07) is 14.9. The Kier molecular flexibility index (Phi) is 5.14. The molecule has 4 heteroatoms. The average Bonchev–Trinajstić information content (AvgIpc) is 2.53. The van der Waals surface area contributed by atoms with Crippen LogP contribution in [0.4, 0.5) is 14.5 Å². The summed E-state index contributed by atoms with van der Waals surface area (Å²) >= 11 is 0. The minimum absolute atomic E-state index is 0.0143. The Bertz CT molecular complexity index is 540. The maximum Gasteiger partial charge on any atom is 0.290 e. The number of hydrogen-bond donors (Lipinski definition) is 1. The molecular formula is C17H19F2NO. The van der Waals surface area contributed by atoms with Crippen LogP contribution in [-0.4, -0.2) is 13.2 Å². The molecule has 2 rings (SSSR count). The molecule has 112 valence electrons. The Labute approximate surface area is 123 Å². The lowest BCUT2D eigenvalue weighted by Crippen LogP contribution is -2.24. The fourth-order valence-electron chi connectivity index (χ4n) is 1.89. The molecule has 0 bridgehead atoms. The maximum absolute atomic E-state index is 14.0. The van der Waals surface area contributed by atoms with Crippen LogP contribution in [-0.2, 0) is 5.92 Å². The van der Waals surface area contributed by atoms with Gasteiger partial charge in [-0.3, -0.25) is 0 Å². The lowest BCUT2D eigenvalue weighted by atomic mass is 10.1. The Morgan fingerprint density at radius 1 is 1.00 bits per heavy atom. The molecule has 2 aromatic carbocycles. The first-order valence-electron chi connectivity index (χ1n) is 7.02. The van der Waals surface area contributed by atoms with Crippen molar-refractivity contribution in [2.45, 2.75) is 19.3 Å². The van der Waals surface area contributed by atoms with Gasteiger partial charge in [0.2, 0.25) is 0 Å². The third-order valence-electron chi connectivity index (χ3n) is 3.04. The molecule has 0 amide bonds. The van der Waals surface area contributed by atoms with Crippen molar-refractivity contribution < 1.29 is 13.5 Å². The summed E-state index contributed by atoms with van der Waals surface area (Å²) in [6.07, 6.45) is 0.934. The van der Waals surface area contributed by atoms with E-state index in [0.717, 1.165) is 12.2 Å². The maximum atomic E-state index is 14.0. The van der Waals surface area contributed by atoms with E-state index in [9.17, 15) is 8.78 Å². The number of halogens is 2. The Morgan fingerprint density at radius 3 is 2.29 bits per heavy atom. The Morgan fingerprint density at radius 2 is 1.67 bits per heavy atom. The van der Waals surface area contributed by atoms with Crippen molar-refractivity contribution >= 4 is 5.69 Å². The van der Waals surface area contributed by atoms with Crippen LogP contribution in [0.2, 0.25) is 0 Å². The first kappa shape index (κ1) is 15.3. The lowest BCUT2D eigenvalue weighted by molar-refractivity contribution is 0.0106. The monoisotopic (exact) mass is 291 g/mol. The molecule has 0 aliphatic carbocycles. The Hall–Kier alpha value is -2.10. The molecule has 0 aliphatic heterocycles. The van der Waals surface area contributed by atoms with E-state index in [0.29, 0.717) is 12.3 Å². The summed E-state index contributed by atoms with van der Waals surface area (Å²) in [5.41, 5.74) is 0.662. The highest BCUT2D eigenvalue weighted by molar-refractivity contribution is 5.46. The molecule has 2 nitrogen and oxygen atoms in total. The number of alkyl halides is 2. The van der Waals surface area contributed by atoms with E-state index < -0.39 is 12.5 Å². The quantitative estimate of drug-likeness (QED) is 0.799. The summed E-state index contributed by atoms with van der Waals surface area (Å²) in [6.45, 7) is 2.24. The minimum atomic E-state index is -2.90. The van der Waals surface area contributed by atoms with E-state index in [1.54, 1.807) is 42.5 Å². The predicted molar refractivity (Wildman–Crippen MR) is 81.1 cm³/mol. The fourth-order valence-corrected chi connectivity index (χ4v) is 1.89. The molecule has 0 spiro atoms. The van der Waals surface area contributed by atoms with Crippen LogP contribution in [0.5, 0.6) is 5.75 Å². The molecule has 21 heavy (non-hydrogen) atoms. The number of rotatable bonds is 7. The molecular weight excluding hydrogens is 272 g/mol. The van der Waals surface area contributed by atoms with Gasteiger partial charge in [0.25, 0.3) is 5.92 Å². The summed E-state index contributed by atoms with van der Waals surface area (Å²) in [4.78, 5) is 0. The van der Waals surface area contributed by atoms with Crippen molar-refractivity contribution in [1.29, 1.82) is 0 Å².